The summed E-state index contributed by atoms with van der Waals surface area (Å²) in [6, 6.07) is -0.711. The van der Waals surface area contributed by atoms with Gasteiger partial charge in [0.05, 0.1) is 0 Å². The molecule has 4 heteroatoms. The Morgan fingerprint density at radius 3 is 1.86 bits per heavy atom. The van der Waals surface area contributed by atoms with Gasteiger partial charge in [-0.15, -0.1) is 0 Å². The van der Waals surface area contributed by atoms with Gasteiger partial charge < -0.3 is 10.5 Å². The molecule has 124 valence electrons. The molecule has 0 aliphatic heterocycles. The molecule has 0 aliphatic rings. The van der Waals surface area contributed by atoms with Crippen molar-refractivity contribution in [1.82, 2.24) is 0 Å². The number of nitrogens with two attached hydrogens (primary N) is 1. The highest BCUT2D eigenvalue weighted by Crippen LogP contribution is 2.11. The fourth-order valence-corrected chi connectivity index (χ4v) is 2.08. The molecule has 2 N–H and O–H groups in total. The Labute approximate surface area is 129 Å². The molecule has 0 amide bonds. The van der Waals surface area contributed by atoms with E-state index in [0.29, 0.717) is 6.42 Å². The van der Waals surface area contributed by atoms with Gasteiger partial charge in [0, 0.05) is 6.42 Å². The second kappa shape index (κ2) is 12.8. The second-order valence-corrected chi connectivity index (χ2v) is 6.14. The predicted molar refractivity (Wildman–Crippen MR) is 85.8 cm³/mol. The van der Waals surface area contributed by atoms with Crippen LogP contribution < -0.4 is 5.73 Å². The van der Waals surface area contributed by atoms with Crippen molar-refractivity contribution in [1.29, 1.82) is 0 Å². The maximum absolute atomic E-state index is 11.5. The summed E-state index contributed by atoms with van der Waals surface area (Å²) in [5, 5.41) is 0. The van der Waals surface area contributed by atoms with Gasteiger partial charge in [-0.3, -0.25) is 4.79 Å². The highest BCUT2D eigenvalue weighted by molar-refractivity contribution is 5.88. The molecule has 0 unspecified atom stereocenters. The van der Waals surface area contributed by atoms with Crippen molar-refractivity contribution in [3.8, 4) is 0 Å². The third-order valence-electron chi connectivity index (χ3n) is 3.69. The van der Waals surface area contributed by atoms with Gasteiger partial charge in [0.2, 0.25) is 0 Å². The molecule has 0 fully saturated rings. The summed E-state index contributed by atoms with van der Waals surface area (Å²) >= 11 is 0. The van der Waals surface area contributed by atoms with Gasteiger partial charge >= 0.3 is 11.9 Å². The lowest BCUT2D eigenvalue weighted by Crippen LogP contribution is -2.38. The molecule has 1 atom stereocenters. The Balaban J connectivity index is 3.48. The quantitative estimate of drug-likeness (QED) is 0.336. The topological polar surface area (TPSA) is 69.4 Å². The van der Waals surface area contributed by atoms with E-state index in [1.165, 1.54) is 38.5 Å². The molecular formula is C17H33NO3. The van der Waals surface area contributed by atoms with Crippen LogP contribution in [-0.2, 0) is 14.3 Å². The van der Waals surface area contributed by atoms with E-state index in [4.69, 9.17) is 10.5 Å². The van der Waals surface area contributed by atoms with Crippen LogP contribution in [0.25, 0.3) is 0 Å². The molecule has 21 heavy (non-hydrogen) atoms. The van der Waals surface area contributed by atoms with Gasteiger partial charge in [0.25, 0.3) is 0 Å². The average Bonchev–Trinajstić information content (AvgIpc) is 2.44. The first-order chi connectivity index (χ1) is 9.99. The van der Waals surface area contributed by atoms with Crippen molar-refractivity contribution in [2.75, 3.05) is 0 Å². The zero-order valence-corrected chi connectivity index (χ0v) is 14.0. The summed E-state index contributed by atoms with van der Waals surface area (Å²) in [6.45, 7) is 5.88. The standard InChI is InChI=1S/C17H33NO3/c1-4-5-6-7-8-9-10-11-12-13-15(19)21-17(20)16(18)14(2)3/h14,16H,4-13,18H2,1-3H3/t16-/m1/s1. The highest BCUT2D eigenvalue weighted by atomic mass is 16.6. The van der Waals surface area contributed by atoms with Gasteiger partial charge in [0.1, 0.15) is 6.04 Å². The first-order valence-electron chi connectivity index (χ1n) is 8.49. The number of unbranched alkanes of at least 4 members (excludes halogenated alkanes) is 8. The van der Waals surface area contributed by atoms with E-state index in [2.05, 4.69) is 6.92 Å². The zero-order chi connectivity index (χ0) is 16.1. The monoisotopic (exact) mass is 299 g/mol. The van der Waals surface area contributed by atoms with Gasteiger partial charge in [-0.2, -0.15) is 0 Å². The first kappa shape index (κ1) is 20.1. The summed E-state index contributed by atoms with van der Waals surface area (Å²) < 4.78 is 4.74. The van der Waals surface area contributed by atoms with Crippen LogP contribution in [-0.4, -0.2) is 18.0 Å². The lowest BCUT2D eigenvalue weighted by molar-refractivity contribution is -0.161. The Morgan fingerprint density at radius 1 is 0.905 bits per heavy atom. The number of esters is 2. The van der Waals surface area contributed by atoms with E-state index in [9.17, 15) is 9.59 Å². The highest BCUT2D eigenvalue weighted by Gasteiger charge is 2.21. The van der Waals surface area contributed by atoms with Crippen LogP contribution in [0, 0.1) is 5.92 Å². The van der Waals surface area contributed by atoms with Crippen molar-refractivity contribution < 1.29 is 14.3 Å². The van der Waals surface area contributed by atoms with Crippen LogP contribution >= 0.6 is 0 Å². The number of carbonyl (C=O) groups is 2. The summed E-state index contributed by atoms with van der Waals surface area (Å²) in [6.07, 6.45) is 11.1. The molecule has 0 aliphatic carbocycles. The first-order valence-corrected chi connectivity index (χ1v) is 8.49. The summed E-state index contributed by atoms with van der Waals surface area (Å²) in [7, 11) is 0. The Hall–Kier alpha value is -0.900. The zero-order valence-electron chi connectivity index (χ0n) is 14.0. The molecule has 0 aromatic heterocycles. The number of carbonyl (C=O) groups excluding carboxylic acids is 2. The van der Waals surface area contributed by atoms with Crippen LogP contribution in [0.4, 0.5) is 0 Å². The number of rotatable bonds is 12. The van der Waals surface area contributed by atoms with Crippen LogP contribution in [0.15, 0.2) is 0 Å². The van der Waals surface area contributed by atoms with E-state index in [-0.39, 0.29) is 5.92 Å². The van der Waals surface area contributed by atoms with Crippen LogP contribution in [0.2, 0.25) is 0 Å². The Bertz CT molecular complexity index is 290. The maximum atomic E-state index is 11.5. The predicted octanol–water partition coefficient (Wildman–Crippen LogP) is 3.96. The van der Waals surface area contributed by atoms with Crippen molar-refractivity contribution in [3.05, 3.63) is 0 Å². The molecule has 0 aromatic carbocycles. The van der Waals surface area contributed by atoms with E-state index in [1.54, 1.807) is 0 Å². The summed E-state index contributed by atoms with van der Waals surface area (Å²) in [5.41, 5.74) is 5.63. The maximum Gasteiger partial charge on any atom is 0.330 e. The van der Waals surface area contributed by atoms with E-state index in [1.807, 2.05) is 13.8 Å². The molecule has 0 radical (unpaired) electrons. The second-order valence-electron chi connectivity index (χ2n) is 6.14. The molecule has 0 rings (SSSR count). The minimum Gasteiger partial charge on any atom is -0.392 e. The molecule has 0 saturated carbocycles. The normalized spacial score (nSPS) is 12.4. The number of hydrogen-bond acceptors (Lipinski definition) is 4. The van der Waals surface area contributed by atoms with Gasteiger partial charge in [0.15, 0.2) is 0 Å². The summed E-state index contributed by atoms with van der Waals surface area (Å²) in [4.78, 5) is 23.0. The average molecular weight is 299 g/mol. The SMILES string of the molecule is CCCCCCCCCCCC(=O)OC(=O)[C@H](N)C(C)C. The minimum absolute atomic E-state index is 0.0157. The molecule has 0 bridgehead atoms. The van der Waals surface area contributed by atoms with Gasteiger partial charge in [-0.25, -0.2) is 4.79 Å². The number of ether oxygens (including phenoxy) is 1. The molecular weight excluding hydrogens is 266 g/mol. The molecule has 0 saturated heterocycles. The van der Waals surface area contributed by atoms with Crippen molar-refractivity contribution in [2.45, 2.75) is 91.0 Å². The minimum atomic E-state index is -0.711. The largest absolute Gasteiger partial charge is 0.392 e. The molecule has 4 nitrogen and oxygen atoms in total. The Morgan fingerprint density at radius 2 is 1.38 bits per heavy atom. The van der Waals surface area contributed by atoms with E-state index in [0.717, 1.165) is 19.3 Å². The lowest BCUT2D eigenvalue weighted by Gasteiger charge is -2.13. The van der Waals surface area contributed by atoms with Gasteiger partial charge in [-0.1, -0.05) is 72.1 Å². The van der Waals surface area contributed by atoms with Crippen molar-refractivity contribution >= 4 is 11.9 Å². The van der Waals surface area contributed by atoms with Crippen molar-refractivity contribution in [3.63, 3.8) is 0 Å². The Kier molecular flexibility index (Phi) is 12.3. The van der Waals surface area contributed by atoms with Gasteiger partial charge in [-0.05, 0) is 12.3 Å². The van der Waals surface area contributed by atoms with Crippen LogP contribution in [0.5, 0.6) is 0 Å². The third-order valence-corrected chi connectivity index (χ3v) is 3.69. The third kappa shape index (κ3) is 11.4. The van der Waals surface area contributed by atoms with Crippen LogP contribution in [0.3, 0.4) is 0 Å². The van der Waals surface area contributed by atoms with E-state index < -0.39 is 18.0 Å². The number of hydrogen-bond donors (Lipinski definition) is 1. The molecule has 0 aromatic rings. The lowest BCUT2D eigenvalue weighted by atomic mass is 10.1. The fourth-order valence-electron chi connectivity index (χ4n) is 2.08. The fraction of sp³-hybridized carbons (Fsp3) is 0.882. The van der Waals surface area contributed by atoms with Crippen molar-refractivity contribution in [2.24, 2.45) is 11.7 Å². The summed E-state index contributed by atoms with van der Waals surface area (Å²) in [5.74, 6) is -1.07. The molecule has 0 heterocycles. The molecule has 0 spiro atoms. The smallest absolute Gasteiger partial charge is 0.330 e. The van der Waals surface area contributed by atoms with Crippen LogP contribution in [0.1, 0.15) is 85.0 Å². The van der Waals surface area contributed by atoms with E-state index >= 15 is 0 Å².